The van der Waals surface area contributed by atoms with E-state index in [0.29, 0.717) is 51.6 Å². The molecule has 0 bridgehead atoms. The Kier molecular flexibility index (Phi) is 9.18. The van der Waals surface area contributed by atoms with Gasteiger partial charge in [-0.15, -0.1) is 0 Å². The number of esters is 1. The van der Waals surface area contributed by atoms with Crippen LogP contribution in [0.25, 0.3) is 33.3 Å². The van der Waals surface area contributed by atoms with Crippen LogP contribution in [-0.2, 0) is 14.3 Å². The van der Waals surface area contributed by atoms with Crippen molar-refractivity contribution in [2.75, 3.05) is 36.2 Å². The molecule has 1 amide bonds. The van der Waals surface area contributed by atoms with Crippen molar-refractivity contribution in [2.45, 2.75) is 59.2 Å². The molecule has 0 aliphatic rings. The van der Waals surface area contributed by atoms with E-state index in [1.54, 1.807) is 62.9 Å². The number of ether oxygens (including phenoxy) is 3. The number of benzene rings is 1. The van der Waals surface area contributed by atoms with Gasteiger partial charge in [-0.3, -0.25) is 9.69 Å². The van der Waals surface area contributed by atoms with Crippen molar-refractivity contribution in [3.8, 4) is 17.3 Å². The van der Waals surface area contributed by atoms with Crippen molar-refractivity contribution < 1.29 is 28.2 Å². The Morgan fingerprint density at radius 2 is 1.64 bits per heavy atom. The van der Waals surface area contributed by atoms with Crippen molar-refractivity contribution in [1.82, 2.24) is 19.9 Å². The lowest BCUT2D eigenvalue weighted by molar-refractivity contribution is -0.155. The van der Waals surface area contributed by atoms with Crippen LogP contribution in [0.15, 0.2) is 59.3 Å². The molecule has 4 aromatic heterocycles. The van der Waals surface area contributed by atoms with Crippen LogP contribution in [0.5, 0.6) is 5.88 Å². The third-order valence-electron chi connectivity index (χ3n) is 6.62. The van der Waals surface area contributed by atoms with Crippen molar-refractivity contribution in [2.24, 2.45) is 0 Å². The molecule has 246 valence electrons. The number of carbonyl (C=O) groups is 2. The van der Waals surface area contributed by atoms with Crippen LogP contribution in [0.4, 0.5) is 27.9 Å². The molecule has 0 atom stereocenters. The minimum Gasteiger partial charge on any atom is -0.477 e. The fourth-order valence-electron chi connectivity index (χ4n) is 4.65. The van der Waals surface area contributed by atoms with Crippen LogP contribution in [0.1, 0.15) is 48.0 Å². The smallest absolute Gasteiger partial charge is 0.414 e. The number of aromatic nitrogens is 4. The second-order valence-corrected chi connectivity index (χ2v) is 12.7. The number of nitrogens with one attached hydrogen (secondary N) is 2. The van der Waals surface area contributed by atoms with Crippen molar-refractivity contribution >= 4 is 57.1 Å². The standard InChI is InChI=1S/C34H39N7O6/c1-33(2,3)46-28(42)15-16-44-27-14-10-13-25(39-27)38-26-17-20-21(18-36-26)30(35-7)37-19-22(20)31-40-29-23(11-9-12-24(29)45-31)41(8)32(43)47-34(4,5)6/h9-14,17-19H,15-16H2,1-8H3,(H,35,37)(H,36,38,39). The predicted octanol–water partition coefficient (Wildman–Crippen LogP) is 7.10. The zero-order chi connectivity index (χ0) is 33.9. The van der Waals surface area contributed by atoms with Gasteiger partial charge in [-0.1, -0.05) is 12.1 Å². The van der Waals surface area contributed by atoms with E-state index in [1.807, 2.05) is 47.6 Å². The van der Waals surface area contributed by atoms with E-state index in [-0.39, 0.29) is 19.0 Å². The van der Waals surface area contributed by atoms with Gasteiger partial charge in [0.2, 0.25) is 11.8 Å². The average molecular weight is 642 g/mol. The highest BCUT2D eigenvalue weighted by molar-refractivity contribution is 6.03. The number of fused-ring (bicyclic) bond motifs is 2. The first-order chi connectivity index (χ1) is 22.2. The van der Waals surface area contributed by atoms with Gasteiger partial charge in [0.05, 0.1) is 17.7 Å². The lowest BCUT2D eigenvalue weighted by Crippen LogP contribution is -2.34. The zero-order valence-corrected chi connectivity index (χ0v) is 27.8. The minimum absolute atomic E-state index is 0.0993. The molecule has 2 N–H and O–H groups in total. The van der Waals surface area contributed by atoms with E-state index >= 15 is 0 Å². The van der Waals surface area contributed by atoms with Gasteiger partial charge in [0.15, 0.2) is 5.58 Å². The first-order valence-corrected chi connectivity index (χ1v) is 15.1. The Labute approximate surface area is 272 Å². The van der Waals surface area contributed by atoms with Gasteiger partial charge in [0.1, 0.15) is 40.8 Å². The van der Waals surface area contributed by atoms with E-state index in [4.69, 9.17) is 23.6 Å². The van der Waals surface area contributed by atoms with Crippen LogP contribution in [-0.4, -0.2) is 63.9 Å². The Hall–Kier alpha value is -5.46. The zero-order valence-electron chi connectivity index (χ0n) is 27.8. The largest absolute Gasteiger partial charge is 0.477 e. The van der Waals surface area contributed by atoms with Crippen LogP contribution in [0.2, 0.25) is 0 Å². The molecule has 0 unspecified atom stereocenters. The van der Waals surface area contributed by atoms with E-state index in [2.05, 4.69) is 25.6 Å². The van der Waals surface area contributed by atoms with Gasteiger partial charge in [0, 0.05) is 43.3 Å². The molecular formula is C34H39N7O6. The molecule has 0 aliphatic heterocycles. The molecule has 0 radical (unpaired) electrons. The molecule has 5 rings (SSSR count). The minimum atomic E-state index is -0.653. The highest BCUT2D eigenvalue weighted by atomic mass is 16.6. The van der Waals surface area contributed by atoms with Gasteiger partial charge in [-0.25, -0.2) is 19.7 Å². The predicted molar refractivity (Wildman–Crippen MR) is 180 cm³/mol. The molecule has 0 aliphatic carbocycles. The third-order valence-corrected chi connectivity index (χ3v) is 6.62. The quantitative estimate of drug-likeness (QED) is 0.158. The first-order valence-electron chi connectivity index (χ1n) is 15.1. The van der Waals surface area contributed by atoms with Crippen LogP contribution in [0.3, 0.4) is 0 Å². The fraction of sp³-hybridized carbons (Fsp3) is 0.353. The highest BCUT2D eigenvalue weighted by Crippen LogP contribution is 2.36. The summed E-state index contributed by atoms with van der Waals surface area (Å²) in [5.74, 6) is 1.95. The fourth-order valence-corrected chi connectivity index (χ4v) is 4.65. The van der Waals surface area contributed by atoms with Crippen LogP contribution < -0.4 is 20.3 Å². The Morgan fingerprint density at radius 3 is 2.36 bits per heavy atom. The van der Waals surface area contributed by atoms with Crippen LogP contribution in [0, 0.1) is 0 Å². The molecule has 1 aromatic carbocycles. The van der Waals surface area contributed by atoms with E-state index in [0.717, 1.165) is 10.8 Å². The number of rotatable bonds is 9. The number of oxazole rings is 1. The normalized spacial score (nSPS) is 11.7. The third kappa shape index (κ3) is 8.04. The van der Waals surface area contributed by atoms with Crippen molar-refractivity contribution in [1.29, 1.82) is 0 Å². The highest BCUT2D eigenvalue weighted by Gasteiger charge is 2.24. The molecule has 5 aromatic rings. The second kappa shape index (κ2) is 13.1. The number of anilines is 4. The summed E-state index contributed by atoms with van der Waals surface area (Å²) in [5.41, 5.74) is 0.954. The number of nitrogens with zero attached hydrogens (tertiary/aromatic N) is 5. The van der Waals surface area contributed by atoms with Crippen LogP contribution >= 0.6 is 0 Å². The van der Waals surface area contributed by atoms with Gasteiger partial charge in [-0.2, -0.15) is 4.98 Å². The summed E-state index contributed by atoms with van der Waals surface area (Å²) in [6, 6.07) is 12.5. The summed E-state index contributed by atoms with van der Waals surface area (Å²) in [7, 11) is 3.42. The summed E-state index contributed by atoms with van der Waals surface area (Å²) in [4.78, 5) is 44.7. The Balaban J connectivity index is 1.43. The average Bonchev–Trinajstić information content (AvgIpc) is 3.43. The Bertz CT molecular complexity index is 1930. The summed E-state index contributed by atoms with van der Waals surface area (Å²) >= 11 is 0. The SMILES string of the molecule is CNc1ncc(-c2nc3c(N(C)C(=O)OC(C)(C)C)cccc3o2)c2cc(Nc3cccc(OCCC(=O)OC(C)(C)C)n3)ncc12. The summed E-state index contributed by atoms with van der Waals surface area (Å²) in [5, 5.41) is 7.84. The van der Waals surface area contributed by atoms with Gasteiger partial charge >= 0.3 is 12.1 Å². The maximum atomic E-state index is 12.8. The molecule has 0 saturated heterocycles. The van der Waals surface area contributed by atoms with Gasteiger partial charge in [0.25, 0.3) is 0 Å². The van der Waals surface area contributed by atoms with Gasteiger partial charge < -0.3 is 29.3 Å². The molecule has 0 spiro atoms. The van der Waals surface area contributed by atoms with E-state index in [9.17, 15) is 9.59 Å². The van der Waals surface area contributed by atoms with Crippen molar-refractivity contribution in [3.63, 3.8) is 0 Å². The Morgan fingerprint density at radius 1 is 0.894 bits per heavy atom. The molecule has 4 heterocycles. The summed E-state index contributed by atoms with van der Waals surface area (Å²) < 4.78 is 22.8. The topological polar surface area (TPSA) is 154 Å². The van der Waals surface area contributed by atoms with Gasteiger partial charge in [-0.05, 0) is 65.8 Å². The monoisotopic (exact) mass is 641 g/mol. The number of hydrogen-bond donors (Lipinski definition) is 2. The molecule has 47 heavy (non-hydrogen) atoms. The lowest BCUT2D eigenvalue weighted by atomic mass is 10.1. The summed E-state index contributed by atoms with van der Waals surface area (Å²) in [6.07, 6.45) is 2.97. The maximum absolute atomic E-state index is 12.8. The molecular weight excluding hydrogens is 602 g/mol. The van der Waals surface area contributed by atoms with E-state index in [1.165, 1.54) is 4.90 Å². The summed E-state index contributed by atoms with van der Waals surface area (Å²) in [6.45, 7) is 11.0. The number of hydrogen-bond acceptors (Lipinski definition) is 12. The number of para-hydroxylation sites is 1. The number of amides is 1. The maximum Gasteiger partial charge on any atom is 0.414 e. The molecule has 0 fully saturated rings. The molecule has 13 heteroatoms. The van der Waals surface area contributed by atoms with Crippen molar-refractivity contribution in [3.05, 3.63) is 54.9 Å². The van der Waals surface area contributed by atoms with E-state index < -0.39 is 17.3 Å². The number of pyridine rings is 3. The first kappa shape index (κ1) is 32.9. The lowest BCUT2D eigenvalue weighted by Gasteiger charge is -2.24. The second-order valence-electron chi connectivity index (χ2n) is 12.7. The molecule has 0 saturated carbocycles. The number of carbonyl (C=O) groups excluding carboxylic acids is 2. The molecule has 13 nitrogen and oxygen atoms in total.